The summed E-state index contributed by atoms with van der Waals surface area (Å²) in [4.78, 5) is 2.52. The normalized spacial score (nSPS) is 17.7. The molecule has 0 aliphatic carbocycles. The molecule has 0 atom stereocenters. The van der Waals surface area contributed by atoms with E-state index in [4.69, 9.17) is 10.5 Å². The van der Waals surface area contributed by atoms with Gasteiger partial charge in [-0.25, -0.2) is 0 Å². The minimum atomic E-state index is 0.409. The fourth-order valence-corrected chi connectivity index (χ4v) is 2.91. The van der Waals surface area contributed by atoms with Crippen molar-refractivity contribution in [1.29, 1.82) is 0 Å². The number of likely N-dealkylation sites (tertiary alicyclic amines) is 1. The number of ether oxygens (including phenoxy) is 1. The molecule has 0 aromatic heterocycles. The van der Waals surface area contributed by atoms with Crippen LogP contribution in [-0.2, 0) is 6.42 Å². The Morgan fingerprint density at radius 3 is 2.58 bits per heavy atom. The summed E-state index contributed by atoms with van der Waals surface area (Å²) in [7, 11) is 1.76. The van der Waals surface area contributed by atoms with Crippen LogP contribution in [0, 0.1) is 13.8 Å². The van der Waals surface area contributed by atoms with Gasteiger partial charge in [0.25, 0.3) is 0 Å². The maximum absolute atomic E-state index is 5.94. The molecule has 0 unspecified atom stereocenters. The van der Waals surface area contributed by atoms with Gasteiger partial charge in [-0.15, -0.1) is 0 Å². The standard InChI is InChI=1S/C16H26N2O/c1-12-10-13(2)15(16(11-12)19-3)6-9-18-7-4-14(17)5-8-18/h10-11,14H,4-9,17H2,1-3H3. The van der Waals surface area contributed by atoms with Gasteiger partial charge in [0.1, 0.15) is 5.75 Å². The van der Waals surface area contributed by atoms with E-state index in [1.165, 1.54) is 16.7 Å². The Bertz CT molecular complexity index is 423. The van der Waals surface area contributed by atoms with Gasteiger partial charge in [0.2, 0.25) is 0 Å². The van der Waals surface area contributed by atoms with Gasteiger partial charge in [-0.05, 0) is 69.0 Å². The van der Waals surface area contributed by atoms with E-state index >= 15 is 0 Å². The van der Waals surface area contributed by atoms with Crippen molar-refractivity contribution in [1.82, 2.24) is 4.90 Å². The monoisotopic (exact) mass is 262 g/mol. The highest BCUT2D eigenvalue weighted by atomic mass is 16.5. The molecule has 2 N–H and O–H groups in total. The molecule has 3 heteroatoms. The Balaban J connectivity index is 1.99. The van der Waals surface area contributed by atoms with E-state index in [2.05, 4.69) is 30.9 Å². The number of piperidine rings is 1. The fourth-order valence-electron chi connectivity index (χ4n) is 2.91. The SMILES string of the molecule is COc1cc(C)cc(C)c1CCN1CCC(N)CC1. The molecule has 1 fully saturated rings. The zero-order valence-electron chi connectivity index (χ0n) is 12.4. The molecule has 0 saturated carbocycles. The molecule has 1 aromatic carbocycles. The van der Waals surface area contributed by atoms with Crippen LogP contribution >= 0.6 is 0 Å². The van der Waals surface area contributed by atoms with Crippen molar-refractivity contribution in [2.45, 2.75) is 39.2 Å². The lowest BCUT2D eigenvalue weighted by molar-refractivity contribution is 0.215. The number of rotatable bonds is 4. The van der Waals surface area contributed by atoms with Crippen LogP contribution in [0.25, 0.3) is 0 Å². The van der Waals surface area contributed by atoms with Crippen molar-refractivity contribution in [3.8, 4) is 5.75 Å². The maximum Gasteiger partial charge on any atom is 0.122 e. The minimum Gasteiger partial charge on any atom is -0.496 e. The third-order valence-corrected chi connectivity index (χ3v) is 4.11. The van der Waals surface area contributed by atoms with E-state index in [0.29, 0.717) is 6.04 Å². The molecule has 19 heavy (non-hydrogen) atoms. The van der Waals surface area contributed by atoms with Gasteiger partial charge in [0.05, 0.1) is 7.11 Å². The second-order valence-electron chi connectivity index (χ2n) is 5.69. The molecule has 1 saturated heterocycles. The molecule has 0 bridgehead atoms. The van der Waals surface area contributed by atoms with Crippen molar-refractivity contribution < 1.29 is 4.74 Å². The molecule has 106 valence electrons. The molecular formula is C16H26N2O. The summed E-state index contributed by atoms with van der Waals surface area (Å²) >= 11 is 0. The largest absolute Gasteiger partial charge is 0.496 e. The first-order chi connectivity index (χ1) is 9.10. The number of nitrogens with zero attached hydrogens (tertiary/aromatic N) is 1. The highest BCUT2D eigenvalue weighted by molar-refractivity contribution is 5.43. The number of nitrogens with two attached hydrogens (primary N) is 1. The number of aryl methyl sites for hydroxylation is 2. The summed E-state index contributed by atoms with van der Waals surface area (Å²) in [5.41, 5.74) is 9.90. The van der Waals surface area contributed by atoms with E-state index in [-0.39, 0.29) is 0 Å². The summed E-state index contributed by atoms with van der Waals surface area (Å²) in [6, 6.07) is 4.78. The summed E-state index contributed by atoms with van der Waals surface area (Å²) in [6.45, 7) is 7.66. The predicted octanol–water partition coefficient (Wildman–Crippen LogP) is 2.28. The first-order valence-corrected chi connectivity index (χ1v) is 7.22. The molecule has 3 nitrogen and oxygen atoms in total. The third kappa shape index (κ3) is 3.71. The summed E-state index contributed by atoms with van der Waals surface area (Å²) in [6.07, 6.45) is 3.32. The van der Waals surface area contributed by atoms with Crippen molar-refractivity contribution in [2.75, 3.05) is 26.7 Å². The van der Waals surface area contributed by atoms with Crippen LogP contribution in [0.4, 0.5) is 0 Å². The lowest BCUT2D eigenvalue weighted by atomic mass is 10.00. The Morgan fingerprint density at radius 1 is 1.26 bits per heavy atom. The quantitative estimate of drug-likeness (QED) is 0.904. The van der Waals surface area contributed by atoms with Gasteiger partial charge in [-0.2, -0.15) is 0 Å². The zero-order valence-corrected chi connectivity index (χ0v) is 12.4. The molecule has 0 spiro atoms. The van der Waals surface area contributed by atoms with Crippen LogP contribution in [0.2, 0.25) is 0 Å². The first kappa shape index (κ1) is 14.4. The molecule has 0 amide bonds. The van der Waals surface area contributed by atoms with E-state index < -0.39 is 0 Å². The van der Waals surface area contributed by atoms with Crippen molar-refractivity contribution in [3.63, 3.8) is 0 Å². The first-order valence-electron chi connectivity index (χ1n) is 7.22. The van der Waals surface area contributed by atoms with Gasteiger partial charge in [0.15, 0.2) is 0 Å². The Kier molecular flexibility index (Phi) is 4.83. The Morgan fingerprint density at radius 2 is 1.95 bits per heavy atom. The van der Waals surface area contributed by atoms with Gasteiger partial charge in [0, 0.05) is 12.6 Å². The average Bonchev–Trinajstić information content (AvgIpc) is 2.39. The minimum absolute atomic E-state index is 0.409. The van der Waals surface area contributed by atoms with Crippen LogP contribution in [0.5, 0.6) is 5.75 Å². The van der Waals surface area contributed by atoms with Crippen molar-refractivity contribution >= 4 is 0 Å². The van der Waals surface area contributed by atoms with E-state index in [0.717, 1.165) is 44.6 Å². The molecule has 1 aliphatic rings. The van der Waals surface area contributed by atoms with Gasteiger partial charge < -0.3 is 15.4 Å². The molecular weight excluding hydrogens is 236 g/mol. The highest BCUT2D eigenvalue weighted by Gasteiger charge is 2.16. The number of hydrogen-bond acceptors (Lipinski definition) is 3. The maximum atomic E-state index is 5.94. The average molecular weight is 262 g/mol. The second-order valence-corrected chi connectivity index (χ2v) is 5.69. The van der Waals surface area contributed by atoms with E-state index in [1.807, 2.05) is 0 Å². The summed E-state index contributed by atoms with van der Waals surface area (Å²) < 4.78 is 5.53. The Hall–Kier alpha value is -1.06. The number of benzene rings is 1. The number of methoxy groups -OCH3 is 1. The van der Waals surface area contributed by atoms with Gasteiger partial charge in [-0.3, -0.25) is 0 Å². The predicted molar refractivity (Wildman–Crippen MR) is 79.8 cm³/mol. The fraction of sp³-hybridized carbons (Fsp3) is 0.625. The highest BCUT2D eigenvalue weighted by Crippen LogP contribution is 2.25. The second kappa shape index (κ2) is 6.40. The molecule has 2 rings (SSSR count). The summed E-state index contributed by atoms with van der Waals surface area (Å²) in [5, 5.41) is 0. The van der Waals surface area contributed by atoms with Gasteiger partial charge >= 0.3 is 0 Å². The van der Waals surface area contributed by atoms with Crippen LogP contribution < -0.4 is 10.5 Å². The molecule has 1 heterocycles. The van der Waals surface area contributed by atoms with Crippen LogP contribution in [0.15, 0.2) is 12.1 Å². The molecule has 0 radical (unpaired) electrons. The smallest absolute Gasteiger partial charge is 0.122 e. The third-order valence-electron chi connectivity index (χ3n) is 4.11. The van der Waals surface area contributed by atoms with E-state index in [1.54, 1.807) is 7.11 Å². The van der Waals surface area contributed by atoms with Gasteiger partial charge in [-0.1, -0.05) is 6.07 Å². The molecule has 1 aromatic rings. The zero-order chi connectivity index (χ0) is 13.8. The van der Waals surface area contributed by atoms with Crippen LogP contribution in [0.1, 0.15) is 29.5 Å². The number of hydrogen-bond donors (Lipinski definition) is 1. The van der Waals surface area contributed by atoms with Crippen molar-refractivity contribution in [2.24, 2.45) is 5.73 Å². The van der Waals surface area contributed by atoms with Crippen LogP contribution in [-0.4, -0.2) is 37.7 Å². The molecule has 1 aliphatic heterocycles. The van der Waals surface area contributed by atoms with Crippen molar-refractivity contribution in [3.05, 3.63) is 28.8 Å². The Labute approximate surface area is 116 Å². The van der Waals surface area contributed by atoms with E-state index in [9.17, 15) is 0 Å². The lowest BCUT2D eigenvalue weighted by Gasteiger charge is -2.30. The van der Waals surface area contributed by atoms with Crippen LogP contribution in [0.3, 0.4) is 0 Å². The topological polar surface area (TPSA) is 38.5 Å². The summed E-state index contributed by atoms with van der Waals surface area (Å²) in [5.74, 6) is 1.03. The lowest BCUT2D eigenvalue weighted by Crippen LogP contribution is -2.40.